The average Bonchev–Trinajstić information content (AvgIpc) is 3.98. The van der Waals surface area contributed by atoms with Gasteiger partial charge in [0.1, 0.15) is 0 Å². The monoisotopic (exact) mass is 963 g/mol. The summed E-state index contributed by atoms with van der Waals surface area (Å²) in [5, 5.41) is 3.97. The normalized spacial score (nSPS) is 14.5. The Balaban J connectivity index is 0.870. The molecule has 1 aromatic heterocycles. The van der Waals surface area contributed by atoms with E-state index in [9.17, 15) is 0 Å². The minimum Gasteiger partial charge on any atom is -0.334 e. The lowest BCUT2D eigenvalue weighted by atomic mass is 9.65. The Morgan fingerprint density at radius 3 is 1.39 bits per heavy atom. The highest BCUT2D eigenvalue weighted by Crippen LogP contribution is 2.48. The Kier molecular flexibility index (Phi) is 11.8. The summed E-state index contributed by atoms with van der Waals surface area (Å²) in [6.45, 7) is 4.45. The zero-order valence-electron chi connectivity index (χ0n) is 42.4. The Morgan fingerprint density at radius 2 is 0.853 bits per heavy atom. The fraction of sp³-hybridized carbons (Fsp3) is 0.0833. The van der Waals surface area contributed by atoms with E-state index >= 15 is 0 Å². The third kappa shape index (κ3) is 7.91. The second-order valence-corrected chi connectivity index (χ2v) is 19.9. The van der Waals surface area contributed by atoms with E-state index in [4.69, 9.17) is 0 Å². The standard InChI is InChI=1S/C72H57N3/c1-3-65-51(2)73(69-28-16-13-25-66(65)69)60-41-31-52(32-42-60)53-33-43-61(44-34-53)74(63-49-39-59(40-50-63)72(56-19-7-4-8-20-56,57-21-9-5-10-22-57)58-23-11-6-12-24-58)62-45-35-54(36-46-62)55-37-47-64(48-38-55)75-70-29-17-14-26-67(70)68-27-15-18-30-71(68)75/h3-14,16-17,19-51H,15,18H2,1-2H3/b65-3+. The lowest BCUT2D eigenvalue weighted by Crippen LogP contribution is -2.31. The number of aromatic nitrogens is 1. The van der Waals surface area contributed by atoms with Gasteiger partial charge < -0.3 is 14.4 Å². The number of anilines is 5. The largest absolute Gasteiger partial charge is 0.334 e. The molecule has 1 aliphatic heterocycles. The molecule has 10 aromatic carbocycles. The first-order valence-corrected chi connectivity index (χ1v) is 26.4. The van der Waals surface area contributed by atoms with Crippen LogP contribution in [0.3, 0.4) is 0 Å². The van der Waals surface area contributed by atoms with Gasteiger partial charge in [0.25, 0.3) is 0 Å². The van der Waals surface area contributed by atoms with Gasteiger partial charge in [-0.15, -0.1) is 0 Å². The van der Waals surface area contributed by atoms with E-state index in [-0.39, 0.29) is 6.04 Å². The van der Waals surface area contributed by atoms with Crippen molar-refractivity contribution in [3.05, 3.63) is 305 Å². The summed E-state index contributed by atoms with van der Waals surface area (Å²) >= 11 is 0. The number of para-hydroxylation sites is 2. The Hall–Kier alpha value is -9.18. The van der Waals surface area contributed by atoms with Crippen LogP contribution in [0.15, 0.2) is 267 Å². The number of nitrogens with zero attached hydrogens (tertiary/aromatic N) is 3. The second kappa shape index (κ2) is 19.3. The van der Waals surface area contributed by atoms with E-state index in [1.54, 1.807) is 0 Å². The van der Waals surface area contributed by atoms with Gasteiger partial charge in [-0.25, -0.2) is 0 Å². The molecule has 3 nitrogen and oxygen atoms in total. The van der Waals surface area contributed by atoms with E-state index in [1.165, 1.54) is 94.2 Å². The summed E-state index contributed by atoms with van der Waals surface area (Å²) in [7, 11) is 0. The first-order valence-electron chi connectivity index (χ1n) is 26.4. The molecule has 11 aromatic rings. The van der Waals surface area contributed by atoms with E-state index in [0.717, 1.165) is 29.9 Å². The van der Waals surface area contributed by atoms with Gasteiger partial charge in [-0.2, -0.15) is 0 Å². The van der Waals surface area contributed by atoms with Crippen molar-refractivity contribution in [2.24, 2.45) is 0 Å². The van der Waals surface area contributed by atoms with E-state index in [2.05, 4.69) is 307 Å². The first kappa shape index (κ1) is 45.7. The molecule has 13 rings (SSSR count). The molecule has 0 spiro atoms. The van der Waals surface area contributed by atoms with Crippen LogP contribution in [0.25, 0.3) is 56.6 Å². The predicted molar refractivity (Wildman–Crippen MR) is 316 cm³/mol. The number of hydrogen-bond acceptors (Lipinski definition) is 2. The highest BCUT2D eigenvalue weighted by atomic mass is 15.2. The highest BCUT2D eigenvalue weighted by molar-refractivity contribution is 5.92. The Bertz CT molecular complexity index is 3870. The van der Waals surface area contributed by atoms with Gasteiger partial charge in [0.15, 0.2) is 0 Å². The van der Waals surface area contributed by atoms with Gasteiger partial charge >= 0.3 is 0 Å². The van der Waals surface area contributed by atoms with Crippen molar-refractivity contribution in [3.63, 3.8) is 0 Å². The van der Waals surface area contributed by atoms with E-state index in [0.29, 0.717) is 0 Å². The third-order valence-electron chi connectivity index (χ3n) is 15.8. The van der Waals surface area contributed by atoms with Gasteiger partial charge in [-0.1, -0.05) is 206 Å². The third-order valence-corrected chi connectivity index (χ3v) is 15.8. The molecule has 1 unspecified atom stereocenters. The van der Waals surface area contributed by atoms with Crippen LogP contribution < -0.4 is 20.4 Å². The molecule has 2 aliphatic rings. The fourth-order valence-electron chi connectivity index (χ4n) is 12.3. The van der Waals surface area contributed by atoms with Crippen molar-refractivity contribution < 1.29 is 0 Å². The fourth-order valence-corrected chi connectivity index (χ4v) is 12.3. The molecule has 0 N–H and O–H groups in total. The number of rotatable bonds is 11. The van der Waals surface area contributed by atoms with Crippen LogP contribution in [-0.2, 0) is 5.41 Å². The summed E-state index contributed by atoms with van der Waals surface area (Å²) in [5.74, 6) is 0. The van der Waals surface area contributed by atoms with Gasteiger partial charge in [-0.3, -0.25) is 0 Å². The minimum atomic E-state index is -0.544. The second-order valence-electron chi connectivity index (χ2n) is 19.9. The van der Waals surface area contributed by atoms with Gasteiger partial charge in [0, 0.05) is 55.6 Å². The van der Waals surface area contributed by atoms with Crippen molar-refractivity contribution in [1.82, 2.24) is 4.57 Å². The molecule has 0 bridgehead atoms. The molecule has 0 fully saturated rings. The molecule has 1 atom stereocenters. The quantitative estimate of drug-likeness (QED) is 0.120. The molecule has 3 heteroatoms. The topological polar surface area (TPSA) is 11.4 Å². The predicted octanol–water partition coefficient (Wildman–Crippen LogP) is 17.1. The maximum atomic E-state index is 2.46. The molecule has 0 radical (unpaired) electrons. The summed E-state index contributed by atoms with van der Waals surface area (Å²) in [4.78, 5) is 4.84. The van der Waals surface area contributed by atoms with Crippen molar-refractivity contribution >= 4 is 57.1 Å². The highest BCUT2D eigenvalue weighted by Gasteiger charge is 2.38. The summed E-state index contributed by atoms with van der Waals surface area (Å²) < 4.78 is 2.42. The Labute approximate surface area is 440 Å². The molecule has 0 saturated heterocycles. The van der Waals surface area contributed by atoms with Crippen LogP contribution in [0, 0.1) is 0 Å². The zero-order chi connectivity index (χ0) is 50.3. The van der Waals surface area contributed by atoms with E-state index < -0.39 is 5.41 Å². The molecular formula is C72H57N3. The molecule has 2 heterocycles. The van der Waals surface area contributed by atoms with Crippen molar-refractivity contribution in [3.8, 4) is 27.9 Å². The minimum absolute atomic E-state index is 0.262. The van der Waals surface area contributed by atoms with Gasteiger partial charge in [0.2, 0.25) is 0 Å². The van der Waals surface area contributed by atoms with Crippen LogP contribution in [0.2, 0.25) is 0 Å². The summed E-state index contributed by atoms with van der Waals surface area (Å²) in [6, 6.07) is 96.2. The van der Waals surface area contributed by atoms with Crippen LogP contribution >= 0.6 is 0 Å². The first-order chi connectivity index (χ1) is 37.1. The molecule has 360 valence electrons. The lowest BCUT2D eigenvalue weighted by Gasteiger charge is -2.37. The number of benzene rings is 10. The summed E-state index contributed by atoms with van der Waals surface area (Å²) in [5.41, 5.74) is 19.8. The number of fused-ring (bicyclic) bond motifs is 4. The SMILES string of the molecule is C/C=C1/c2ccccc2N(c2ccc(-c3ccc(N(c4ccc(-c5ccc(-n6c7c(c8ccccc86)=CCCC=7)cc5)cc4)c4ccc(C(c5ccccc5)(c5ccccc5)c5ccccc5)cc4)cc3)cc2)C1C. The Morgan fingerprint density at radius 1 is 0.427 bits per heavy atom. The van der Waals surface area contributed by atoms with Crippen molar-refractivity contribution in [2.75, 3.05) is 9.80 Å². The summed E-state index contributed by atoms with van der Waals surface area (Å²) in [6.07, 6.45) is 9.20. The van der Waals surface area contributed by atoms with Gasteiger partial charge in [0.05, 0.1) is 17.0 Å². The van der Waals surface area contributed by atoms with Crippen LogP contribution in [0.5, 0.6) is 0 Å². The molecule has 0 amide bonds. The maximum absolute atomic E-state index is 2.46. The number of hydrogen-bond donors (Lipinski definition) is 0. The molecule has 0 saturated carbocycles. The van der Waals surface area contributed by atoms with Crippen LogP contribution in [-0.4, -0.2) is 10.6 Å². The lowest BCUT2D eigenvalue weighted by molar-refractivity contribution is 0.745. The molecule has 1 aliphatic carbocycles. The van der Waals surface area contributed by atoms with Crippen molar-refractivity contribution in [2.45, 2.75) is 38.1 Å². The van der Waals surface area contributed by atoms with E-state index in [1.807, 2.05) is 0 Å². The van der Waals surface area contributed by atoms with Crippen molar-refractivity contribution in [1.29, 1.82) is 0 Å². The van der Waals surface area contributed by atoms with Crippen LogP contribution in [0.1, 0.15) is 54.5 Å². The average molecular weight is 964 g/mol. The van der Waals surface area contributed by atoms with Crippen LogP contribution in [0.4, 0.5) is 28.4 Å². The van der Waals surface area contributed by atoms with Gasteiger partial charge in [-0.05, 0) is 150 Å². The maximum Gasteiger partial charge on any atom is 0.0701 e. The number of allylic oxidation sites excluding steroid dienone is 1. The molecular weight excluding hydrogens is 907 g/mol. The smallest absolute Gasteiger partial charge is 0.0701 e. The molecule has 75 heavy (non-hydrogen) atoms. The zero-order valence-corrected chi connectivity index (χ0v) is 42.4.